The number of hydrogen-bond acceptors (Lipinski definition) is 3. The molecule has 0 bridgehead atoms. The molecule has 5 nitrogen and oxygen atoms in total. The van der Waals surface area contributed by atoms with Crippen molar-refractivity contribution in [1.82, 2.24) is 9.97 Å². The summed E-state index contributed by atoms with van der Waals surface area (Å²) >= 11 is 0. The van der Waals surface area contributed by atoms with E-state index in [4.69, 9.17) is 9.84 Å². The first-order valence-electron chi connectivity index (χ1n) is 6.07. The molecule has 2 N–H and O–H groups in total. The zero-order chi connectivity index (χ0) is 13.8. The maximum atomic E-state index is 10.8. The number of benzene rings is 1. The Morgan fingerprint density at radius 1 is 1.47 bits per heavy atom. The number of carbonyl (C=O) groups is 1. The minimum absolute atomic E-state index is 0.0978. The summed E-state index contributed by atoms with van der Waals surface area (Å²) in [6, 6.07) is 6.00. The molecule has 0 aliphatic rings. The predicted octanol–water partition coefficient (Wildman–Crippen LogP) is 2.27. The van der Waals surface area contributed by atoms with E-state index >= 15 is 0 Å². The van der Waals surface area contributed by atoms with Crippen LogP contribution in [-0.4, -0.2) is 28.2 Å². The second kappa shape index (κ2) is 5.56. The summed E-state index contributed by atoms with van der Waals surface area (Å²) in [5.41, 5.74) is 2.30. The lowest BCUT2D eigenvalue weighted by molar-refractivity contribution is 0.0691. The van der Waals surface area contributed by atoms with Gasteiger partial charge >= 0.3 is 5.97 Å². The number of methoxy groups -OCH3 is 1. The van der Waals surface area contributed by atoms with Gasteiger partial charge in [0.1, 0.15) is 17.3 Å². The number of aryl methyl sites for hydroxylation is 1. The Bertz CT molecular complexity index is 590. The molecule has 0 spiro atoms. The summed E-state index contributed by atoms with van der Waals surface area (Å²) in [6.07, 6.45) is 2.79. The first-order valence-corrected chi connectivity index (χ1v) is 6.07. The number of carboxylic acid groups (broad SMARTS) is 1. The highest BCUT2D eigenvalue weighted by molar-refractivity contribution is 5.85. The van der Waals surface area contributed by atoms with Gasteiger partial charge in [-0.2, -0.15) is 0 Å². The van der Waals surface area contributed by atoms with Crippen molar-refractivity contribution < 1.29 is 14.6 Å². The number of nitrogens with zero attached hydrogens (tertiary/aromatic N) is 1. The highest BCUT2D eigenvalue weighted by Crippen LogP contribution is 2.22. The predicted molar refractivity (Wildman–Crippen MR) is 70.7 cm³/mol. The van der Waals surface area contributed by atoms with Gasteiger partial charge < -0.3 is 14.8 Å². The quantitative estimate of drug-likeness (QED) is 0.864. The smallest absolute Gasteiger partial charge is 0.353 e. The van der Waals surface area contributed by atoms with Crippen LogP contribution < -0.4 is 4.74 Å². The standard InChI is InChI=1S/C14H16N2O3/c1-3-9-4-5-12(19-2)10(6-9)7-13-15-8-11(16-13)14(17)18/h4-6,8H,3,7H2,1-2H3,(H,15,16)(H,17,18). The molecule has 2 aromatic rings. The molecule has 19 heavy (non-hydrogen) atoms. The molecule has 0 fully saturated rings. The van der Waals surface area contributed by atoms with Gasteiger partial charge in [0.25, 0.3) is 0 Å². The lowest BCUT2D eigenvalue weighted by atomic mass is 10.0. The van der Waals surface area contributed by atoms with E-state index in [1.807, 2.05) is 12.1 Å². The van der Waals surface area contributed by atoms with Crippen LogP contribution >= 0.6 is 0 Å². The van der Waals surface area contributed by atoms with Gasteiger partial charge in [-0.15, -0.1) is 0 Å². The molecule has 0 aliphatic carbocycles. The van der Waals surface area contributed by atoms with Crippen molar-refractivity contribution in [1.29, 1.82) is 0 Å². The molecule has 0 radical (unpaired) electrons. The van der Waals surface area contributed by atoms with Crippen LogP contribution in [0.1, 0.15) is 34.4 Å². The first kappa shape index (κ1) is 13.1. The highest BCUT2D eigenvalue weighted by Gasteiger charge is 2.10. The summed E-state index contributed by atoms with van der Waals surface area (Å²) in [6.45, 7) is 2.08. The Morgan fingerprint density at radius 3 is 2.84 bits per heavy atom. The molecule has 5 heteroatoms. The van der Waals surface area contributed by atoms with Crippen LogP contribution in [0.4, 0.5) is 0 Å². The topological polar surface area (TPSA) is 75.2 Å². The van der Waals surface area contributed by atoms with Gasteiger partial charge in [0.2, 0.25) is 0 Å². The molecule has 0 unspecified atom stereocenters. The minimum Gasteiger partial charge on any atom is -0.496 e. The number of hydrogen-bond donors (Lipinski definition) is 2. The monoisotopic (exact) mass is 260 g/mol. The molecule has 1 aromatic heterocycles. The van der Waals surface area contributed by atoms with Crippen LogP contribution in [0.2, 0.25) is 0 Å². The van der Waals surface area contributed by atoms with Crippen LogP contribution in [0.3, 0.4) is 0 Å². The largest absolute Gasteiger partial charge is 0.496 e. The molecule has 0 amide bonds. The molecule has 0 aliphatic heterocycles. The van der Waals surface area contributed by atoms with Crippen LogP contribution in [0.5, 0.6) is 5.75 Å². The van der Waals surface area contributed by atoms with E-state index in [9.17, 15) is 4.79 Å². The van der Waals surface area contributed by atoms with Crippen molar-refractivity contribution in [2.45, 2.75) is 19.8 Å². The van der Waals surface area contributed by atoms with Crippen molar-refractivity contribution in [2.24, 2.45) is 0 Å². The number of carboxylic acids is 1. The number of aromatic carboxylic acids is 1. The van der Waals surface area contributed by atoms with Crippen LogP contribution in [-0.2, 0) is 12.8 Å². The maximum absolute atomic E-state index is 10.8. The van der Waals surface area contributed by atoms with E-state index in [2.05, 4.69) is 23.0 Å². The van der Waals surface area contributed by atoms with Crippen molar-refractivity contribution in [3.05, 3.63) is 47.0 Å². The molecule has 2 rings (SSSR count). The molecule has 0 saturated heterocycles. The maximum Gasteiger partial charge on any atom is 0.353 e. The summed E-state index contributed by atoms with van der Waals surface area (Å²) in [7, 11) is 1.62. The Labute approximate surface area is 111 Å². The number of H-pyrrole nitrogens is 1. The second-order valence-corrected chi connectivity index (χ2v) is 4.23. The minimum atomic E-state index is -1.01. The molecular weight excluding hydrogens is 244 g/mol. The zero-order valence-corrected chi connectivity index (χ0v) is 10.9. The van der Waals surface area contributed by atoms with Crippen molar-refractivity contribution >= 4 is 5.97 Å². The molecule has 0 saturated carbocycles. The third-order valence-corrected chi connectivity index (χ3v) is 2.97. The summed E-state index contributed by atoms with van der Waals surface area (Å²) in [5, 5.41) is 8.85. The van der Waals surface area contributed by atoms with Gasteiger partial charge in [-0.1, -0.05) is 19.1 Å². The third-order valence-electron chi connectivity index (χ3n) is 2.97. The third kappa shape index (κ3) is 2.93. The SMILES string of the molecule is CCc1ccc(OC)c(Cc2ncc(C(=O)O)[nH]2)c1. The number of nitrogens with one attached hydrogen (secondary N) is 1. The van der Waals surface area contributed by atoms with E-state index in [0.717, 1.165) is 17.7 Å². The van der Waals surface area contributed by atoms with Crippen LogP contribution in [0.25, 0.3) is 0 Å². The average Bonchev–Trinajstić information content (AvgIpc) is 2.87. The van der Waals surface area contributed by atoms with Gasteiger partial charge in [0, 0.05) is 12.0 Å². The number of ether oxygens (including phenoxy) is 1. The Kier molecular flexibility index (Phi) is 3.85. The van der Waals surface area contributed by atoms with Crippen LogP contribution in [0.15, 0.2) is 24.4 Å². The molecule has 100 valence electrons. The Hall–Kier alpha value is -2.30. The van der Waals surface area contributed by atoms with Gasteiger partial charge in [-0.25, -0.2) is 9.78 Å². The summed E-state index contributed by atoms with van der Waals surface area (Å²) in [4.78, 5) is 17.6. The second-order valence-electron chi connectivity index (χ2n) is 4.23. The van der Waals surface area contributed by atoms with Gasteiger partial charge in [0.05, 0.1) is 13.3 Å². The van der Waals surface area contributed by atoms with Gasteiger partial charge in [-0.05, 0) is 18.1 Å². The molecular formula is C14H16N2O3. The van der Waals surface area contributed by atoms with E-state index in [0.29, 0.717) is 12.2 Å². The van der Waals surface area contributed by atoms with Gasteiger partial charge in [0.15, 0.2) is 0 Å². The lowest BCUT2D eigenvalue weighted by Gasteiger charge is -2.09. The number of aromatic amines is 1. The number of imidazole rings is 1. The van der Waals surface area contributed by atoms with Crippen molar-refractivity contribution in [2.75, 3.05) is 7.11 Å². The van der Waals surface area contributed by atoms with E-state index in [-0.39, 0.29) is 5.69 Å². The molecule has 0 atom stereocenters. The molecule has 1 heterocycles. The number of rotatable bonds is 5. The van der Waals surface area contributed by atoms with Crippen molar-refractivity contribution in [3.8, 4) is 5.75 Å². The highest BCUT2D eigenvalue weighted by atomic mass is 16.5. The zero-order valence-electron chi connectivity index (χ0n) is 10.9. The fourth-order valence-electron chi connectivity index (χ4n) is 1.93. The first-order chi connectivity index (χ1) is 9.13. The normalized spacial score (nSPS) is 10.4. The Balaban J connectivity index is 2.27. The fraction of sp³-hybridized carbons (Fsp3) is 0.286. The molecule has 1 aromatic carbocycles. The summed E-state index contributed by atoms with van der Waals surface area (Å²) < 4.78 is 5.31. The summed E-state index contributed by atoms with van der Waals surface area (Å²) in [5.74, 6) is 0.391. The van der Waals surface area contributed by atoms with E-state index < -0.39 is 5.97 Å². The van der Waals surface area contributed by atoms with E-state index in [1.165, 1.54) is 11.8 Å². The van der Waals surface area contributed by atoms with Crippen molar-refractivity contribution in [3.63, 3.8) is 0 Å². The van der Waals surface area contributed by atoms with E-state index in [1.54, 1.807) is 7.11 Å². The lowest BCUT2D eigenvalue weighted by Crippen LogP contribution is -1.99. The fourth-order valence-corrected chi connectivity index (χ4v) is 1.93. The number of aromatic nitrogens is 2. The van der Waals surface area contributed by atoms with Crippen LogP contribution in [0, 0.1) is 0 Å². The Morgan fingerprint density at radius 2 is 2.26 bits per heavy atom. The van der Waals surface area contributed by atoms with Gasteiger partial charge in [-0.3, -0.25) is 0 Å². The average molecular weight is 260 g/mol.